The van der Waals surface area contributed by atoms with E-state index in [1.165, 1.54) is 17.0 Å². The Balaban J connectivity index is 1.23. The van der Waals surface area contributed by atoms with Gasteiger partial charge in [0.15, 0.2) is 0 Å². The van der Waals surface area contributed by atoms with E-state index >= 15 is 0 Å². The fraction of sp³-hybridized carbons (Fsp3) is 0.355. The lowest BCUT2D eigenvalue weighted by atomic mass is 9.74. The minimum absolute atomic E-state index is 0.0843. The van der Waals surface area contributed by atoms with Crippen LogP contribution in [0.15, 0.2) is 54.7 Å². The molecule has 10 heteroatoms. The summed E-state index contributed by atoms with van der Waals surface area (Å²) in [5, 5.41) is 8.93. The molecule has 212 valence electrons. The summed E-state index contributed by atoms with van der Waals surface area (Å²) < 4.78 is 28.3. The fourth-order valence-corrected chi connectivity index (χ4v) is 6.75. The molecule has 0 saturated carbocycles. The van der Waals surface area contributed by atoms with Crippen molar-refractivity contribution in [1.29, 1.82) is 0 Å². The highest BCUT2D eigenvalue weighted by Crippen LogP contribution is 2.47. The van der Waals surface area contributed by atoms with E-state index in [0.717, 1.165) is 22.8 Å². The van der Waals surface area contributed by atoms with Gasteiger partial charge < -0.3 is 20.9 Å². The maximum atomic E-state index is 14.1. The van der Waals surface area contributed by atoms with Crippen molar-refractivity contribution in [2.24, 2.45) is 5.41 Å². The molecule has 0 unspecified atom stereocenters. The van der Waals surface area contributed by atoms with Crippen molar-refractivity contribution in [1.82, 2.24) is 15.2 Å². The summed E-state index contributed by atoms with van der Waals surface area (Å²) in [5.41, 5.74) is 2.12. The molecule has 1 aliphatic carbocycles. The first-order chi connectivity index (χ1) is 19.5. The van der Waals surface area contributed by atoms with E-state index < -0.39 is 34.4 Å². The summed E-state index contributed by atoms with van der Waals surface area (Å²) in [7, 11) is 1.74. The van der Waals surface area contributed by atoms with Gasteiger partial charge in [-0.2, -0.15) is 0 Å². The zero-order chi connectivity index (χ0) is 29.1. The molecule has 3 heterocycles. The van der Waals surface area contributed by atoms with E-state index in [2.05, 4.69) is 20.9 Å². The third-order valence-electron chi connectivity index (χ3n) is 8.91. The van der Waals surface area contributed by atoms with Crippen molar-refractivity contribution >= 4 is 29.2 Å². The van der Waals surface area contributed by atoms with Crippen LogP contribution in [0.4, 0.5) is 20.3 Å². The van der Waals surface area contributed by atoms with Crippen LogP contribution in [0.1, 0.15) is 48.6 Å². The van der Waals surface area contributed by atoms with Gasteiger partial charge in [-0.15, -0.1) is 0 Å². The first-order valence-electron chi connectivity index (χ1n) is 13.6. The van der Waals surface area contributed by atoms with Crippen molar-refractivity contribution in [3.63, 3.8) is 0 Å². The smallest absolute Gasteiger partial charge is 0.244 e. The minimum Gasteiger partial charge on any atom is -0.326 e. The number of benzene rings is 2. The maximum absolute atomic E-state index is 14.1. The van der Waals surface area contributed by atoms with E-state index in [9.17, 15) is 23.2 Å². The molecule has 6 rings (SSSR count). The van der Waals surface area contributed by atoms with E-state index in [4.69, 9.17) is 0 Å². The van der Waals surface area contributed by atoms with Crippen LogP contribution in [-0.2, 0) is 32.6 Å². The molecule has 2 aromatic carbocycles. The van der Waals surface area contributed by atoms with Gasteiger partial charge in [-0.25, -0.2) is 13.8 Å². The Kier molecular flexibility index (Phi) is 6.41. The first kappa shape index (κ1) is 27.0. The average Bonchev–Trinajstić information content (AvgIpc) is 3.43. The standard InChI is InChI=1S/C31H31F2N5O3/c1-30(2)25(34-3)13-24(18-9-20(32)12-21(33)10-18)38(29(30)41)16-26(39)36-22-7-6-17-14-31(15-19(17)11-22)23-5-4-8-35-27(23)37-28(31)40/h4-12,24-25,34H,13-16H2,1-3H3,(H,36,39)(H,35,37,40)/t24-,25-,31+/m0/s1. The molecular weight excluding hydrogens is 528 g/mol. The Labute approximate surface area is 236 Å². The summed E-state index contributed by atoms with van der Waals surface area (Å²) in [6, 6.07) is 11.5. The van der Waals surface area contributed by atoms with Gasteiger partial charge in [-0.1, -0.05) is 12.1 Å². The molecule has 1 aromatic heterocycles. The van der Waals surface area contributed by atoms with Crippen molar-refractivity contribution in [2.45, 2.75) is 50.6 Å². The third kappa shape index (κ3) is 4.46. The number of nitrogens with zero attached hydrogens (tertiary/aromatic N) is 2. The van der Waals surface area contributed by atoms with Gasteiger partial charge in [0.1, 0.15) is 24.0 Å². The highest BCUT2D eigenvalue weighted by atomic mass is 19.1. The number of carbonyl (C=O) groups is 3. The fourth-order valence-electron chi connectivity index (χ4n) is 6.75. The van der Waals surface area contributed by atoms with E-state index in [-0.39, 0.29) is 24.4 Å². The van der Waals surface area contributed by atoms with Gasteiger partial charge in [-0.05, 0) is 87.2 Å². The molecule has 3 amide bonds. The van der Waals surface area contributed by atoms with Crippen LogP contribution in [0.2, 0.25) is 0 Å². The van der Waals surface area contributed by atoms with Gasteiger partial charge >= 0.3 is 0 Å². The molecule has 0 bridgehead atoms. The molecule has 0 radical (unpaired) electrons. The molecule has 8 nitrogen and oxygen atoms in total. The highest BCUT2D eigenvalue weighted by molar-refractivity contribution is 6.06. The number of hydrogen-bond acceptors (Lipinski definition) is 5. The van der Waals surface area contributed by atoms with Crippen molar-refractivity contribution in [3.8, 4) is 0 Å². The second-order valence-electron chi connectivity index (χ2n) is 11.8. The van der Waals surface area contributed by atoms with E-state index in [0.29, 0.717) is 36.3 Å². The van der Waals surface area contributed by atoms with E-state index in [1.54, 1.807) is 33.2 Å². The SMILES string of the molecule is CN[C@H]1C[C@@H](c2cc(F)cc(F)c2)N(CC(=O)Nc2ccc3c(c2)C[C@@]2(C3)C(=O)Nc3ncccc32)C(=O)C1(C)C. The number of fused-ring (bicyclic) bond motifs is 3. The molecular formula is C31H31F2N5O3. The molecule has 41 heavy (non-hydrogen) atoms. The molecule has 2 aliphatic heterocycles. The Morgan fingerprint density at radius 3 is 2.54 bits per heavy atom. The number of rotatable bonds is 5. The molecule has 1 saturated heterocycles. The number of pyridine rings is 1. The molecule has 1 fully saturated rings. The van der Waals surface area contributed by atoms with Crippen LogP contribution in [0.5, 0.6) is 0 Å². The van der Waals surface area contributed by atoms with Gasteiger partial charge in [0, 0.05) is 29.6 Å². The lowest BCUT2D eigenvalue weighted by molar-refractivity contribution is -0.152. The number of carbonyl (C=O) groups excluding carboxylic acids is 3. The number of likely N-dealkylation sites (tertiary alicyclic amines) is 1. The van der Waals surface area contributed by atoms with Crippen LogP contribution in [0.25, 0.3) is 0 Å². The Morgan fingerprint density at radius 1 is 1.07 bits per heavy atom. The van der Waals surface area contributed by atoms with Gasteiger partial charge in [0.25, 0.3) is 0 Å². The lowest BCUT2D eigenvalue weighted by Crippen LogP contribution is -2.59. The summed E-state index contributed by atoms with van der Waals surface area (Å²) in [4.78, 5) is 45.7. The number of aromatic nitrogens is 1. The number of anilines is 2. The number of nitrogens with one attached hydrogen (secondary N) is 3. The van der Waals surface area contributed by atoms with Crippen LogP contribution in [-0.4, -0.2) is 47.2 Å². The summed E-state index contributed by atoms with van der Waals surface area (Å²) in [6.07, 6.45) is 3.05. The van der Waals surface area contributed by atoms with Crippen molar-refractivity contribution in [2.75, 3.05) is 24.2 Å². The lowest BCUT2D eigenvalue weighted by Gasteiger charge is -2.47. The predicted molar refractivity (Wildman–Crippen MR) is 149 cm³/mol. The Bertz CT molecular complexity index is 1570. The largest absolute Gasteiger partial charge is 0.326 e. The second-order valence-corrected chi connectivity index (χ2v) is 11.8. The quantitative estimate of drug-likeness (QED) is 0.441. The first-order valence-corrected chi connectivity index (χ1v) is 13.6. The van der Waals surface area contributed by atoms with Gasteiger partial charge in [0.05, 0.1) is 16.9 Å². The van der Waals surface area contributed by atoms with Crippen molar-refractivity contribution in [3.05, 3.63) is 88.6 Å². The summed E-state index contributed by atoms with van der Waals surface area (Å²) in [5.74, 6) is -1.70. The Morgan fingerprint density at radius 2 is 1.80 bits per heavy atom. The average molecular weight is 560 g/mol. The minimum atomic E-state index is -0.841. The van der Waals surface area contributed by atoms with E-state index in [1.807, 2.05) is 24.3 Å². The summed E-state index contributed by atoms with van der Waals surface area (Å²) in [6.45, 7) is 3.31. The number of amides is 3. The number of hydrogen-bond donors (Lipinski definition) is 3. The zero-order valence-corrected chi connectivity index (χ0v) is 23.1. The topological polar surface area (TPSA) is 103 Å². The molecule has 1 spiro atoms. The van der Waals surface area contributed by atoms with Crippen LogP contribution >= 0.6 is 0 Å². The van der Waals surface area contributed by atoms with Gasteiger partial charge in [0.2, 0.25) is 17.7 Å². The number of piperidine rings is 1. The Hall–Kier alpha value is -4.18. The molecule has 3 aromatic rings. The molecule has 3 N–H and O–H groups in total. The van der Waals surface area contributed by atoms with Gasteiger partial charge in [-0.3, -0.25) is 14.4 Å². The predicted octanol–water partition coefficient (Wildman–Crippen LogP) is 3.87. The second kappa shape index (κ2) is 9.73. The highest BCUT2D eigenvalue weighted by Gasteiger charge is 2.51. The third-order valence-corrected chi connectivity index (χ3v) is 8.91. The summed E-state index contributed by atoms with van der Waals surface area (Å²) >= 11 is 0. The van der Waals surface area contributed by atoms with Crippen LogP contribution in [0.3, 0.4) is 0 Å². The van der Waals surface area contributed by atoms with Crippen LogP contribution < -0.4 is 16.0 Å². The maximum Gasteiger partial charge on any atom is 0.244 e. The molecule has 3 aliphatic rings. The number of halogens is 2. The van der Waals surface area contributed by atoms with Crippen molar-refractivity contribution < 1.29 is 23.2 Å². The zero-order valence-electron chi connectivity index (χ0n) is 23.1. The van der Waals surface area contributed by atoms with Crippen LogP contribution in [0, 0.1) is 17.0 Å². The monoisotopic (exact) mass is 559 g/mol. The normalized spacial score (nSPS) is 24.3. The molecule has 3 atom stereocenters.